The maximum Gasteiger partial charge on any atom is 0.268 e. The predicted molar refractivity (Wildman–Crippen MR) is 362 cm³/mol. The van der Waals surface area contributed by atoms with Crippen LogP contribution in [0.4, 0.5) is 0 Å². The van der Waals surface area contributed by atoms with Crippen molar-refractivity contribution in [3.8, 4) is 0 Å². The van der Waals surface area contributed by atoms with Crippen LogP contribution in [0.5, 0.6) is 0 Å². The van der Waals surface area contributed by atoms with Crippen molar-refractivity contribution in [1.82, 2.24) is 5.32 Å². The number of likely N-dealkylation sites (N-methyl/N-ethyl adjacent to an activating group) is 1. The second-order valence-corrected chi connectivity index (χ2v) is 27.7. The van der Waals surface area contributed by atoms with E-state index in [1.807, 2.05) is 27.2 Å². The summed E-state index contributed by atoms with van der Waals surface area (Å²) in [5.74, 6) is -0.193. The largest absolute Gasteiger partial charge is 0.756 e. The number of aliphatic hydroxyl groups is 1. The number of phosphoric acid groups is 1. The molecule has 0 radical (unpaired) electrons. The average Bonchev–Trinajstić information content (AvgIpc) is 3.50. The Morgan fingerprint density at radius 2 is 0.699 bits per heavy atom. The number of nitrogens with zero attached hydrogens (tertiary/aromatic N) is 1. The molecule has 0 rings (SSSR count). The van der Waals surface area contributed by atoms with Crippen LogP contribution in [-0.4, -0.2) is 68.5 Å². The van der Waals surface area contributed by atoms with Crippen molar-refractivity contribution in [2.24, 2.45) is 0 Å². The van der Waals surface area contributed by atoms with Crippen molar-refractivity contribution < 1.29 is 32.9 Å². The van der Waals surface area contributed by atoms with Gasteiger partial charge < -0.3 is 28.8 Å². The van der Waals surface area contributed by atoms with Gasteiger partial charge in [0.15, 0.2) is 0 Å². The van der Waals surface area contributed by atoms with Crippen LogP contribution in [0.1, 0.15) is 367 Å². The maximum absolute atomic E-state index is 13.0. The van der Waals surface area contributed by atoms with Crippen molar-refractivity contribution >= 4 is 13.7 Å². The van der Waals surface area contributed by atoms with Gasteiger partial charge in [-0.05, 0) is 57.8 Å². The second kappa shape index (κ2) is 64.9. The predicted octanol–water partition coefficient (Wildman–Crippen LogP) is 22.8. The highest BCUT2D eigenvalue weighted by Gasteiger charge is 2.23. The standard InChI is InChI=1S/C74H143N2O6P/c1-6-8-10-12-14-16-18-20-22-24-26-28-30-32-34-36-37-38-40-41-43-45-47-49-51-53-55-57-59-61-63-65-67-73(77)72(71-82-83(79,80)81-70-69-76(3,4)5)75-74(78)68-66-64-62-60-58-56-54-52-50-48-46-44-42-39-35-33-31-29-27-25-23-21-19-17-15-13-11-9-7-2/h19,21,25,27,31,33,65,67,72-73,77H,6-18,20,22-24,26,28-30,32,34-64,66,68-71H2,1-5H3,(H-,75,78,79,80)/b21-19-,27-25-,33-31-,67-65+. The molecule has 0 aromatic heterocycles. The molecule has 0 aliphatic heterocycles. The molecule has 9 heteroatoms. The first-order chi connectivity index (χ1) is 40.5. The monoisotopic (exact) mass is 1190 g/mol. The fraction of sp³-hybridized carbons (Fsp3) is 0.878. The topological polar surface area (TPSA) is 108 Å². The smallest absolute Gasteiger partial charge is 0.268 e. The first-order valence-corrected chi connectivity index (χ1v) is 38.0. The van der Waals surface area contributed by atoms with Gasteiger partial charge in [0, 0.05) is 6.42 Å². The first-order valence-electron chi connectivity index (χ1n) is 36.5. The number of nitrogens with one attached hydrogen (secondary N) is 1. The number of unbranched alkanes of at least 4 members (excludes halogenated alkanes) is 49. The summed E-state index contributed by atoms with van der Waals surface area (Å²) in [6.45, 7) is 4.69. The van der Waals surface area contributed by atoms with Crippen LogP contribution in [0.15, 0.2) is 48.6 Å². The van der Waals surface area contributed by atoms with Gasteiger partial charge >= 0.3 is 0 Å². The third kappa shape index (κ3) is 67.8. The highest BCUT2D eigenvalue weighted by atomic mass is 31.2. The number of phosphoric ester groups is 1. The van der Waals surface area contributed by atoms with Gasteiger partial charge in [0.1, 0.15) is 13.2 Å². The Balaban J connectivity index is 4.04. The summed E-state index contributed by atoms with van der Waals surface area (Å²) in [4.78, 5) is 25.7. The van der Waals surface area contributed by atoms with Crippen LogP contribution >= 0.6 is 7.82 Å². The van der Waals surface area contributed by atoms with E-state index >= 15 is 0 Å². The van der Waals surface area contributed by atoms with E-state index in [0.29, 0.717) is 17.4 Å². The molecule has 0 aliphatic carbocycles. The van der Waals surface area contributed by atoms with E-state index in [2.05, 4.69) is 55.6 Å². The quantitative estimate of drug-likeness (QED) is 0.0272. The summed E-state index contributed by atoms with van der Waals surface area (Å²) in [5.41, 5.74) is 0. The van der Waals surface area contributed by atoms with E-state index in [0.717, 1.165) is 51.4 Å². The number of rotatable bonds is 68. The molecule has 8 nitrogen and oxygen atoms in total. The van der Waals surface area contributed by atoms with Gasteiger partial charge in [-0.1, -0.05) is 351 Å². The van der Waals surface area contributed by atoms with Crippen LogP contribution in [-0.2, 0) is 18.4 Å². The Morgan fingerprint density at radius 3 is 1.01 bits per heavy atom. The number of amides is 1. The van der Waals surface area contributed by atoms with Crippen LogP contribution < -0.4 is 10.2 Å². The maximum atomic E-state index is 13.0. The van der Waals surface area contributed by atoms with Crippen LogP contribution in [0.25, 0.3) is 0 Å². The number of hydrogen-bond donors (Lipinski definition) is 2. The van der Waals surface area contributed by atoms with Gasteiger partial charge in [-0.2, -0.15) is 0 Å². The van der Waals surface area contributed by atoms with E-state index in [4.69, 9.17) is 9.05 Å². The fourth-order valence-corrected chi connectivity index (χ4v) is 11.8. The fourth-order valence-electron chi connectivity index (χ4n) is 11.1. The number of aliphatic hydroxyl groups excluding tert-OH is 1. The SMILES string of the molecule is CCCCCCC/C=C\C/C=C\C/C=C\CCCCCCCCCCCCCCCCC(=O)NC(COP(=O)([O-])OCC[N+](C)(C)C)C(O)/C=C/CCCCCCCCCCCCCCCCCCCCCCCCCCCCCCCC. The molecule has 1 amide bonds. The van der Waals surface area contributed by atoms with E-state index in [1.54, 1.807) is 6.08 Å². The van der Waals surface area contributed by atoms with Gasteiger partial charge in [-0.3, -0.25) is 9.36 Å². The van der Waals surface area contributed by atoms with Gasteiger partial charge in [0.05, 0.1) is 39.9 Å². The molecule has 0 spiro atoms. The molecule has 0 fully saturated rings. The summed E-state index contributed by atoms with van der Waals surface area (Å²) < 4.78 is 23.5. The lowest BCUT2D eigenvalue weighted by atomic mass is 10.0. The van der Waals surface area contributed by atoms with E-state index < -0.39 is 20.0 Å². The van der Waals surface area contributed by atoms with Crippen molar-refractivity contribution in [3.05, 3.63) is 48.6 Å². The summed E-state index contributed by atoms with van der Waals surface area (Å²) in [7, 11) is 1.27. The molecule has 83 heavy (non-hydrogen) atoms. The highest BCUT2D eigenvalue weighted by molar-refractivity contribution is 7.45. The molecule has 0 bridgehead atoms. The lowest BCUT2D eigenvalue weighted by Crippen LogP contribution is -2.45. The third-order valence-corrected chi connectivity index (χ3v) is 17.7. The van der Waals surface area contributed by atoms with E-state index in [-0.39, 0.29) is 19.1 Å². The molecule has 0 aliphatic rings. The molecule has 0 aromatic rings. The third-order valence-electron chi connectivity index (χ3n) is 16.8. The zero-order valence-electron chi connectivity index (χ0n) is 56.2. The molecule has 0 aromatic carbocycles. The number of allylic oxidation sites excluding steroid dienone is 7. The lowest BCUT2D eigenvalue weighted by molar-refractivity contribution is -0.870. The molecule has 0 saturated heterocycles. The van der Waals surface area contributed by atoms with Crippen molar-refractivity contribution in [2.45, 2.75) is 379 Å². The van der Waals surface area contributed by atoms with E-state index in [1.165, 1.54) is 295 Å². The zero-order valence-corrected chi connectivity index (χ0v) is 57.1. The number of carbonyl (C=O) groups is 1. The first kappa shape index (κ1) is 81.5. The summed E-state index contributed by atoms with van der Waals surface area (Å²) >= 11 is 0. The molecular formula is C74H143N2O6P. The molecule has 2 N–H and O–H groups in total. The minimum atomic E-state index is -4.61. The van der Waals surface area contributed by atoms with Gasteiger partial charge in [-0.15, -0.1) is 0 Å². The zero-order chi connectivity index (χ0) is 60.5. The molecule has 490 valence electrons. The Bertz CT molecular complexity index is 1490. The highest BCUT2D eigenvalue weighted by Crippen LogP contribution is 2.38. The minimum Gasteiger partial charge on any atom is -0.756 e. The van der Waals surface area contributed by atoms with Crippen LogP contribution in [0.2, 0.25) is 0 Å². The molecule has 0 saturated carbocycles. The number of quaternary nitrogens is 1. The average molecular weight is 1190 g/mol. The van der Waals surface area contributed by atoms with E-state index in [9.17, 15) is 19.4 Å². The molecule has 3 unspecified atom stereocenters. The Hall–Kier alpha value is -1.54. The van der Waals surface area contributed by atoms with Crippen molar-refractivity contribution in [1.29, 1.82) is 0 Å². The molecular weight excluding hydrogens is 1040 g/mol. The Morgan fingerprint density at radius 1 is 0.422 bits per heavy atom. The number of carbonyl (C=O) groups excluding carboxylic acids is 1. The minimum absolute atomic E-state index is 0.000677. The van der Waals surface area contributed by atoms with Crippen LogP contribution in [0, 0.1) is 0 Å². The van der Waals surface area contributed by atoms with Gasteiger partial charge in [-0.25, -0.2) is 0 Å². The van der Waals surface area contributed by atoms with Crippen LogP contribution in [0.3, 0.4) is 0 Å². The van der Waals surface area contributed by atoms with Gasteiger partial charge in [0.25, 0.3) is 7.82 Å². The summed E-state index contributed by atoms with van der Waals surface area (Å²) in [6, 6.07) is -0.890. The lowest BCUT2D eigenvalue weighted by Gasteiger charge is -2.29. The van der Waals surface area contributed by atoms with Crippen molar-refractivity contribution in [3.63, 3.8) is 0 Å². The number of hydrogen-bond acceptors (Lipinski definition) is 6. The van der Waals surface area contributed by atoms with Crippen molar-refractivity contribution in [2.75, 3.05) is 40.9 Å². The Labute approximate surface area is 518 Å². The Kier molecular flexibility index (Phi) is 63.7. The molecule has 3 atom stereocenters. The summed E-state index contributed by atoms with van der Waals surface area (Å²) in [6.07, 6.45) is 88.1. The summed E-state index contributed by atoms with van der Waals surface area (Å²) in [5, 5.41) is 14.0. The second-order valence-electron chi connectivity index (χ2n) is 26.3. The normalized spacial score (nSPS) is 13.9. The molecule has 0 heterocycles. The van der Waals surface area contributed by atoms with Gasteiger partial charge in [0.2, 0.25) is 5.91 Å².